The Labute approximate surface area is 128 Å². The second kappa shape index (κ2) is 6.93. The molecule has 0 bridgehead atoms. The molecular formula is C17H19NO4. The lowest BCUT2D eigenvalue weighted by atomic mass is 10.1. The first-order valence-corrected chi connectivity index (χ1v) is 7.21. The van der Waals surface area contributed by atoms with Crippen LogP contribution in [0.2, 0.25) is 0 Å². The van der Waals surface area contributed by atoms with E-state index in [-0.39, 0.29) is 5.56 Å². The molecular weight excluding hydrogens is 282 g/mol. The molecule has 22 heavy (non-hydrogen) atoms. The molecule has 0 fully saturated rings. The van der Waals surface area contributed by atoms with Crippen LogP contribution in [0.4, 0.5) is 0 Å². The number of nitrogens with zero attached hydrogens (tertiary/aromatic N) is 1. The van der Waals surface area contributed by atoms with E-state index in [4.69, 9.17) is 4.74 Å². The first-order chi connectivity index (χ1) is 10.6. The van der Waals surface area contributed by atoms with Crippen molar-refractivity contribution in [2.45, 2.75) is 19.8 Å². The van der Waals surface area contributed by atoms with Crippen LogP contribution in [0, 0.1) is 0 Å². The van der Waals surface area contributed by atoms with Crippen LogP contribution in [0.5, 0.6) is 0 Å². The summed E-state index contributed by atoms with van der Waals surface area (Å²) < 4.78 is 6.79. The lowest BCUT2D eigenvalue weighted by Crippen LogP contribution is -2.03. The van der Waals surface area contributed by atoms with Crippen LogP contribution in [0.3, 0.4) is 0 Å². The number of unbranched alkanes of at least 4 members (excludes halogenated alkanes) is 1. The Bertz CT molecular complexity index is 728. The molecule has 1 heterocycles. The molecule has 0 amide bonds. The zero-order chi connectivity index (χ0) is 16.1. The maximum Gasteiger partial charge on any atom is 0.338 e. The van der Waals surface area contributed by atoms with Gasteiger partial charge in [0.1, 0.15) is 0 Å². The summed E-state index contributed by atoms with van der Waals surface area (Å²) >= 11 is 0. The third kappa shape index (κ3) is 3.19. The number of aromatic nitrogens is 1. The quantitative estimate of drug-likeness (QED) is 0.505. The molecule has 0 radical (unpaired) electrons. The Morgan fingerprint density at radius 3 is 2.73 bits per heavy atom. The van der Waals surface area contributed by atoms with Crippen LogP contribution in [0.25, 0.3) is 17.0 Å². The number of ether oxygens (including phenoxy) is 1. The molecule has 2 aromatic rings. The molecule has 0 aliphatic heterocycles. The fraction of sp³-hybridized carbons (Fsp3) is 0.294. The van der Waals surface area contributed by atoms with Gasteiger partial charge in [-0.15, -0.1) is 0 Å². The van der Waals surface area contributed by atoms with E-state index >= 15 is 0 Å². The van der Waals surface area contributed by atoms with Crippen molar-refractivity contribution >= 4 is 28.9 Å². The number of carbonyl (C=O) groups excluding carboxylic acids is 1. The number of hydrogen-bond donors (Lipinski definition) is 1. The molecule has 0 unspecified atom stereocenters. The van der Waals surface area contributed by atoms with Gasteiger partial charge in [0.2, 0.25) is 0 Å². The Kier molecular flexibility index (Phi) is 4.99. The van der Waals surface area contributed by atoms with Gasteiger partial charge in [-0.3, -0.25) is 0 Å². The summed E-state index contributed by atoms with van der Waals surface area (Å²) in [6.07, 6.45) is 4.53. The number of rotatable bonds is 6. The van der Waals surface area contributed by atoms with Gasteiger partial charge in [-0.05, 0) is 18.6 Å². The van der Waals surface area contributed by atoms with Gasteiger partial charge in [0, 0.05) is 24.0 Å². The van der Waals surface area contributed by atoms with Crippen molar-refractivity contribution < 1.29 is 19.4 Å². The molecule has 5 heteroatoms. The lowest BCUT2D eigenvalue weighted by molar-refractivity contribution is -0.137. The van der Waals surface area contributed by atoms with Crippen LogP contribution in [-0.2, 0) is 16.6 Å². The summed E-state index contributed by atoms with van der Waals surface area (Å²) in [5, 5.41) is 10.1. The van der Waals surface area contributed by atoms with Crippen molar-refractivity contribution in [3.63, 3.8) is 0 Å². The minimum absolute atomic E-state index is 0.190. The van der Waals surface area contributed by atoms with E-state index in [0.717, 1.165) is 18.4 Å². The Balaban J connectivity index is 2.34. The van der Waals surface area contributed by atoms with E-state index < -0.39 is 11.9 Å². The zero-order valence-corrected chi connectivity index (χ0v) is 12.7. The molecule has 0 saturated heterocycles. The summed E-state index contributed by atoms with van der Waals surface area (Å²) in [5.74, 6) is -1.48. The highest BCUT2D eigenvalue weighted by Gasteiger charge is 2.18. The van der Waals surface area contributed by atoms with Gasteiger partial charge >= 0.3 is 11.9 Å². The molecule has 0 spiro atoms. The normalized spacial score (nSPS) is 11.2. The van der Waals surface area contributed by atoms with Gasteiger partial charge in [-0.1, -0.05) is 31.5 Å². The van der Waals surface area contributed by atoms with E-state index in [9.17, 15) is 14.7 Å². The summed E-state index contributed by atoms with van der Waals surface area (Å²) in [5.41, 5.74) is 1.47. The second-order valence-corrected chi connectivity index (χ2v) is 5.00. The molecule has 0 atom stereocenters. The van der Waals surface area contributed by atoms with E-state index in [1.165, 1.54) is 12.2 Å². The third-order valence-electron chi connectivity index (χ3n) is 3.49. The molecule has 5 nitrogen and oxygen atoms in total. The number of hydrogen-bond acceptors (Lipinski definition) is 3. The highest BCUT2D eigenvalue weighted by Crippen LogP contribution is 2.26. The number of para-hydroxylation sites is 1. The van der Waals surface area contributed by atoms with Crippen LogP contribution in [0.1, 0.15) is 35.8 Å². The third-order valence-corrected chi connectivity index (χ3v) is 3.49. The van der Waals surface area contributed by atoms with E-state index in [0.29, 0.717) is 17.7 Å². The number of benzene rings is 1. The number of carboxylic acids is 1. The Morgan fingerprint density at radius 2 is 2.05 bits per heavy atom. The molecule has 2 rings (SSSR count). The van der Waals surface area contributed by atoms with Crippen molar-refractivity contribution in [2.24, 2.45) is 7.05 Å². The monoisotopic (exact) mass is 301 g/mol. The highest BCUT2D eigenvalue weighted by atomic mass is 16.5. The minimum Gasteiger partial charge on any atom is -0.478 e. The van der Waals surface area contributed by atoms with Crippen molar-refractivity contribution in [3.8, 4) is 0 Å². The van der Waals surface area contributed by atoms with Crippen LogP contribution in [0.15, 0.2) is 30.3 Å². The SMILES string of the molecule is CCCCOC(=O)/C=C/c1c(C(=O)O)c2ccccc2n1C. The van der Waals surface area contributed by atoms with Crippen LogP contribution < -0.4 is 0 Å². The number of esters is 1. The number of carbonyl (C=O) groups is 2. The van der Waals surface area contributed by atoms with E-state index in [1.807, 2.05) is 19.1 Å². The molecule has 0 aliphatic carbocycles. The van der Waals surface area contributed by atoms with Crippen molar-refractivity contribution in [1.82, 2.24) is 4.57 Å². The molecule has 1 aromatic carbocycles. The lowest BCUT2D eigenvalue weighted by Gasteiger charge is -2.01. The Hall–Kier alpha value is -2.56. The summed E-state index contributed by atoms with van der Waals surface area (Å²) in [4.78, 5) is 23.2. The first-order valence-electron chi connectivity index (χ1n) is 7.21. The molecule has 1 N–H and O–H groups in total. The van der Waals surface area contributed by atoms with Crippen LogP contribution in [-0.4, -0.2) is 28.2 Å². The van der Waals surface area contributed by atoms with Gasteiger partial charge in [-0.2, -0.15) is 0 Å². The van der Waals surface area contributed by atoms with Gasteiger partial charge in [0.25, 0.3) is 0 Å². The average molecular weight is 301 g/mol. The van der Waals surface area contributed by atoms with Gasteiger partial charge in [0.15, 0.2) is 0 Å². The summed E-state index contributed by atoms with van der Waals surface area (Å²) in [6.45, 7) is 2.39. The predicted molar refractivity (Wildman–Crippen MR) is 84.8 cm³/mol. The standard InChI is InChI=1S/C17H19NO4/c1-3-4-11-22-15(19)10-9-14-16(17(20)21)12-7-5-6-8-13(12)18(14)2/h5-10H,3-4,11H2,1-2H3,(H,20,21)/b10-9+. The smallest absolute Gasteiger partial charge is 0.338 e. The minimum atomic E-state index is -1.02. The van der Waals surface area contributed by atoms with Gasteiger partial charge in [-0.25, -0.2) is 9.59 Å². The fourth-order valence-corrected chi connectivity index (χ4v) is 2.35. The predicted octanol–water partition coefficient (Wildman–Crippen LogP) is 3.23. The van der Waals surface area contributed by atoms with E-state index in [1.54, 1.807) is 23.7 Å². The summed E-state index contributed by atoms with van der Waals surface area (Å²) in [7, 11) is 1.77. The molecule has 116 valence electrons. The first kappa shape index (κ1) is 15.8. The maximum atomic E-state index is 11.6. The largest absolute Gasteiger partial charge is 0.478 e. The topological polar surface area (TPSA) is 68.5 Å². The van der Waals surface area contributed by atoms with E-state index in [2.05, 4.69) is 0 Å². The molecule has 1 aromatic heterocycles. The van der Waals surface area contributed by atoms with Gasteiger partial charge < -0.3 is 14.4 Å². The fourth-order valence-electron chi connectivity index (χ4n) is 2.35. The average Bonchev–Trinajstić information content (AvgIpc) is 2.78. The number of aromatic carboxylic acids is 1. The molecule has 0 aliphatic rings. The Morgan fingerprint density at radius 1 is 1.32 bits per heavy atom. The number of carboxylic acid groups (broad SMARTS) is 1. The summed E-state index contributed by atoms with van der Waals surface area (Å²) in [6, 6.07) is 7.25. The van der Waals surface area contributed by atoms with Crippen molar-refractivity contribution in [3.05, 3.63) is 41.6 Å². The second-order valence-electron chi connectivity index (χ2n) is 5.00. The van der Waals surface area contributed by atoms with Crippen LogP contribution >= 0.6 is 0 Å². The van der Waals surface area contributed by atoms with Gasteiger partial charge in [0.05, 0.1) is 17.9 Å². The number of aryl methyl sites for hydroxylation is 1. The van der Waals surface area contributed by atoms with Crippen molar-refractivity contribution in [2.75, 3.05) is 6.61 Å². The highest BCUT2D eigenvalue weighted by molar-refractivity contribution is 6.07. The molecule has 0 saturated carbocycles. The number of fused-ring (bicyclic) bond motifs is 1. The van der Waals surface area contributed by atoms with Crippen molar-refractivity contribution in [1.29, 1.82) is 0 Å². The zero-order valence-electron chi connectivity index (χ0n) is 12.7. The maximum absolute atomic E-state index is 11.6.